The van der Waals surface area contributed by atoms with Crippen LogP contribution in [0.15, 0.2) is 0 Å². The molecule has 3 saturated heterocycles. The average Bonchev–Trinajstić information content (AvgIpc) is 2.96. The van der Waals surface area contributed by atoms with E-state index in [0.717, 1.165) is 18.6 Å². The summed E-state index contributed by atoms with van der Waals surface area (Å²) in [7, 11) is 0. The summed E-state index contributed by atoms with van der Waals surface area (Å²) in [6, 6.07) is 2.44. The number of hydrogen-bond donors (Lipinski definition) is 1. The Morgan fingerprint density at radius 1 is 0.938 bits per heavy atom. The second kappa shape index (κ2) is 4.63. The maximum absolute atomic E-state index is 5.89. The minimum absolute atomic E-state index is 0.693. The van der Waals surface area contributed by atoms with Crippen LogP contribution in [0, 0.1) is 0 Å². The van der Waals surface area contributed by atoms with E-state index in [-0.39, 0.29) is 0 Å². The molecule has 3 heterocycles. The number of piperidine rings is 1. The van der Waals surface area contributed by atoms with Crippen molar-refractivity contribution in [3.8, 4) is 0 Å². The van der Waals surface area contributed by atoms with Crippen LogP contribution in [0.2, 0.25) is 0 Å². The first-order valence-corrected chi connectivity index (χ1v) is 7.08. The normalized spacial score (nSPS) is 41.4. The Labute approximate surface area is 99.0 Å². The van der Waals surface area contributed by atoms with Crippen molar-refractivity contribution in [1.29, 1.82) is 0 Å². The number of hydrogen-bond acceptors (Lipinski definition) is 3. The van der Waals surface area contributed by atoms with Crippen LogP contribution in [0.25, 0.3) is 0 Å². The van der Waals surface area contributed by atoms with Crippen LogP contribution < -0.4 is 5.73 Å². The van der Waals surface area contributed by atoms with Gasteiger partial charge in [0.25, 0.3) is 0 Å². The van der Waals surface area contributed by atoms with Crippen molar-refractivity contribution in [2.45, 2.75) is 56.7 Å². The van der Waals surface area contributed by atoms with Crippen LogP contribution in [-0.4, -0.2) is 54.1 Å². The van der Waals surface area contributed by atoms with Gasteiger partial charge in [-0.25, -0.2) is 0 Å². The first kappa shape index (κ1) is 11.0. The molecule has 0 aromatic heterocycles. The molecule has 16 heavy (non-hydrogen) atoms. The van der Waals surface area contributed by atoms with E-state index < -0.39 is 0 Å². The van der Waals surface area contributed by atoms with Crippen molar-refractivity contribution in [1.82, 2.24) is 9.80 Å². The van der Waals surface area contributed by atoms with Gasteiger partial charge in [-0.1, -0.05) is 0 Å². The van der Waals surface area contributed by atoms with Crippen molar-refractivity contribution < 1.29 is 0 Å². The van der Waals surface area contributed by atoms with Crippen molar-refractivity contribution in [2.75, 3.05) is 26.2 Å². The van der Waals surface area contributed by atoms with E-state index in [0.29, 0.717) is 6.04 Å². The van der Waals surface area contributed by atoms with Gasteiger partial charge in [-0.3, -0.25) is 4.90 Å². The Balaban J connectivity index is 1.62. The van der Waals surface area contributed by atoms with Gasteiger partial charge in [0.1, 0.15) is 0 Å². The maximum Gasteiger partial charge on any atom is 0.0221 e. The van der Waals surface area contributed by atoms with Crippen LogP contribution in [0.5, 0.6) is 0 Å². The van der Waals surface area contributed by atoms with Gasteiger partial charge in [-0.05, 0) is 58.2 Å². The summed E-state index contributed by atoms with van der Waals surface area (Å²) in [5.41, 5.74) is 5.89. The summed E-state index contributed by atoms with van der Waals surface area (Å²) in [6.45, 7) is 4.87. The summed E-state index contributed by atoms with van der Waals surface area (Å²) in [5.74, 6) is 0. The molecule has 3 atom stereocenters. The third-order valence-corrected chi connectivity index (χ3v) is 4.96. The van der Waals surface area contributed by atoms with Gasteiger partial charge in [0, 0.05) is 24.7 Å². The molecule has 3 fully saturated rings. The summed E-state index contributed by atoms with van der Waals surface area (Å²) in [5, 5.41) is 0. The van der Waals surface area contributed by atoms with Crippen LogP contribution in [0.1, 0.15) is 38.5 Å². The van der Waals surface area contributed by atoms with Crippen molar-refractivity contribution in [2.24, 2.45) is 5.73 Å². The van der Waals surface area contributed by atoms with Gasteiger partial charge in [-0.2, -0.15) is 0 Å². The standard InChI is InChI=1S/C13H25N3/c14-10-13-4-2-7-16(13)12-5-8-15-6-1-3-11(15)9-12/h11-13H,1-10,14H2. The Kier molecular flexibility index (Phi) is 3.18. The highest BCUT2D eigenvalue weighted by molar-refractivity contribution is 4.94. The molecule has 92 valence electrons. The molecular weight excluding hydrogens is 198 g/mol. The zero-order chi connectivity index (χ0) is 11.0. The minimum atomic E-state index is 0.693. The number of nitrogens with two attached hydrogens (primary N) is 1. The first-order chi connectivity index (χ1) is 7.88. The lowest BCUT2D eigenvalue weighted by Crippen LogP contribution is -2.50. The van der Waals surface area contributed by atoms with Crippen LogP contribution in [0.3, 0.4) is 0 Å². The van der Waals surface area contributed by atoms with Gasteiger partial charge >= 0.3 is 0 Å². The first-order valence-electron chi connectivity index (χ1n) is 7.08. The summed E-state index contributed by atoms with van der Waals surface area (Å²) < 4.78 is 0. The second-order valence-corrected chi connectivity index (χ2v) is 5.78. The number of fused-ring (bicyclic) bond motifs is 1. The summed E-state index contributed by atoms with van der Waals surface area (Å²) in [6.07, 6.45) is 8.37. The molecule has 0 aliphatic carbocycles. The van der Waals surface area contributed by atoms with Gasteiger partial charge in [0.15, 0.2) is 0 Å². The van der Waals surface area contributed by atoms with Gasteiger partial charge in [-0.15, -0.1) is 0 Å². The van der Waals surface area contributed by atoms with E-state index in [1.807, 2.05) is 0 Å². The maximum atomic E-state index is 5.89. The highest BCUT2D eigenvalue weighted by Crippen LogP contribution is 2.32. The molecule has 3 aliphatic rings. The zero-order valence-corrected chi connectivity index (χ0v) is 10.3. The topological polar surface area (TPSA) is 32.5 Å². The van der Waals surface area contributed by atoms with Crippen LogP contribution >= 0.6 is 0 Å². The molecule has 3 rings (SSSR count). The molecule has 0 bridgehead atoms. The predicted octanol–water partition coefficient (Wildman–Crippen LogP) is 1.04. The molecule has 3 unspecified atom stereocenters. The average molecular weight is 223 g/mol. The third-order valence-electron chi connectivity index (χ3n) is 4.96. The summed E-state index contributed by atoms with van der Waals surface area (Å²) in [4.78, 5) is 5.44. The van der Waals surface area contributed by atoms with E-state index in [1.165, 1.54) is 58.2 Å². The fourth-order valence-corrected chi connectivity index (χ4v) is 4.10. The fraction of sp³-hybridized carbons (Fsp3) is 1.00. The Bertz CT molecular complexity index is 243. The fourth-order valence-electron chi connectivity index (χ4n) is 4.10. The van der Waals surface area contributed by atoms with E-state index in [9.17, 15) is 0 Å². The molecule has 0 radical (unpaired) electrons. The molecule has 0 aromatic rings. The number of likely N-dealkylation sites (tertiary alicyclic amines) is 1. The molecule has 3 aliphatic heterocycles. The molecule has 2 N–H and O–H groups in total. The van der Waals surface area contributed by atoms with Gasteiger partial charge < -0.3 is 10.6 Å². The molecule has 0 saturated carbocycles. The molecule has 0 spiro atoms. The highest BCUT2D eigenvalue weighted by Gasteiger charge is 2.37. The van der Waals surface area contributed by atoms with Crippen molar-refractivity contribution in [3.05, 3.63) is 0 Å². The quantitative estimate of drug-likeness (QED) is 0.759. The van der Waals surface area contributed by atoms with Crippen molar-refractivity contribution >= 4 is 0 Å². The number of rotatable bonds is 2. The number of nitrogens with zero attached hydrogens (tertiary/aromatic N) is 2. The second-order valence-electron chi connectivity index (χ2n) is 5.78. The van der Waals surface area contributed by atoms with Crippen LogP contribution in [-0.2, 0) is 0 Å². The summed E-state index contributed by atoms with van der Waals surface area (Å²) >= 11 is 0. The molecule has 3 heteroatoms. The largest absolute Gasteiger partial charge is 0.329 e. The lowest BCUT2D eigenvalue weighted by atomic mass is 9.95. The molecule has 0 aromatic carbocycles. The smallest absolute Gasteiger partial charge is 0.0221 e. The molecular formula is C13H25N3. The van der Waals surface area contributed by atoms with E-state index in [2.05, 4.69) is 9.80 Å². The monoisotopic (exact) mass is 223 g/mol. The van der Waals surface area contributed by atoms with Crippen LogP contribution in [0.4, 0.5) is 0 Å². The third kappa shape index (κ3) is 1.89. The minimum Gasteiger partial charge on any atom is -0.329 e. The van der Waals surface area contributed by atoms with E-state index in [1.54, 1.807) is 0 Å². The zero-order valence-electron chi connectivity index (χ0n) is 10.3. The predicted molar refractivity (Wildman–Crippen MR) is 66.4 cm³/mol. The lowest BCUT2D eigenvalue weighted by molar-refractivity contribution is 0.0813. The van der Waals surface area contributed by atoms with E-state index >= 15 is 0 Å². The van der Waals surface area contributed by atoms with E-state index in [4.69, 9.17) is 5.73 Å². The lowest BCUT2D eigenvalue weighted by Gasteiger charge is -2.41. The van der Waals surface area contributed by atoms with Gasteiger partial charge in [0.05, 0.1) is 0 Å². The molecule has 0 amide bonds. The Morgan fingerprint density at radius 2 is 1.81 bits per heavy atom. The van der Waals surface area contributed by atoms with Crippen molar-refractivity contribution in [3.63, 3.8) is 0 Å². The Morgan fingerprint density at radius 3 is 2.69 bits per heavy atom. The Hall–Kier alpha value is -0.120. The van der Waals surface area contributed by atoms with Gasteiger partial charge in [0.2, 0.25) is 0 Å². The molecule has 3 nitrogen and oxygen atoms in total. The SMILES string of the molecule is NCC1CCCN1C1CCN2CCCC2C1. The highest BCUT2D eigenvalue weighted by atomic mass is 15.3.